The van der Waals surface area contributed by atoms with E-state index in [1.807, 2.05) is 31.2 Å². The van der Waals surface area contributed by atoms with Gasteiger partial charge in [0.25, 0.3) is 0 Å². The van der Waals surface area contributed by atoms with Crippen LogP contribution in [-0.4, -0.2) is 48.5 Å². The summed E-state index contributed by atoms with van der Waals surface area (Å²) in [5, 5.41) is 22.4. The van der Waals surface area contributed by atoms with Crippen molar-refractivity contribution in [2.45, 2.75) is 31.8 Å². The molecular weight excluding hydrogens is 322 g/mol. The highest BCUT2D eigenvalue weighted by atomic mass is 16.5. The van der Waals surface area contributed by atoms with E-state index in [9.17, 15) is 10.2 Å². The van der Waals surface area contributed by atoms with Gasteiger partial charge in [0.2, 0.25) is 0 Å². The molecule has 4 rings (SSSR count). The maximum Gasteiger partial charge on any atom is 0.167 e. The highest BCUT2D eigenvalue weighted by Crippen LogP contribution is 2.32. The van der Waals surface area contributed by atoms with E-state index < -0.39 is 18.4 Å². The summed E-state index contributed by atoms with van der Waals surface area (Å²) in [6.45, 7) is 1.81. The summed E-state index contributed by atoms with van der Waals surface area (Å²) in [6, 6.07) is 7.98. The summed E-state index contributed by atoms with van der Waals surface area (Å²) in [6.07, 6.45) is 1.75. The lowest BCUT2D eigenvalue weighted by Gasteiger charge is -2.13. The minimum Gasteiger partial charge on any atom is -0.394 e. The van der Waals surface area contributed by atoms with Crippen LogP contribution < -0.4 is 5.32 Å². The average Bonchev–Trinajstić information content (AvgIpc) is 3.20. The molecule has 8 heteroatoms. The highest BCUT2D eigenvalue weighted by molar-refractivity contribution is 5.85. The van der Waals surface area contributed by atoms with Crippen molar-refractivity contribution in [2.75, 3.05) is 11.9 Å². The zero-order valence-electron chi connectivity index (χ0n) is 13.7. The van der Waals surface area contributed by atoms with E-state index in [1.54, 1.807) is 10.9 Å². The van der Waals surface area contributed by atoms with Crippen LogP contribution in [0.4, 0.5) is 11.5 Å². The Morgan fingerprint density at radius 3 is 2.76 bits per heavy atom. The van der Waals surface area contributed by atoms with Gasteiger partial charge in [-0.05, 0) is 19.1 Å². The number of hydrogen-bond donors (Lipinski definition) is 3. The lowest BCUT2D eigenvalue weighted by atomic mass is 10.2. The fourth-order valence-electron chi connectivity index (χ4n) is 2.98. The zero-order valence-corrected chi connectivity index (χ0v) is 13.7. The number of aliphatic hydroxyl groups excluding tert-OH is 2. The number of fused-ring (bicyclic) bond motifs is 1. The SMILES string of the molecule is Cc1ccc(Nc2ncnc3c2ncn3C2C[C@H](O)[C@@H](CO)O2)cc1. The second kappa shape index (κ2) is 6.40. The number of rotatable bonds is 4. The minimum atomic E-state index is -0.709. The van der Waals surface area contributed by atoms with E-state index in [-0.39, 0.29) is 6.61 Å². The van der Waals surface area contributed by atoms with Crippen LogP contribution >= 0.6 is 0 Å². The number of benzene rings is 1. The van der Waals surface area contributed by atoms with Crippen LogP contribution in [0.3, 0.4) is 0 Å². The Morgan fingerprint density at radius 1 is 1.24 bits per heavy atom. The van der Waals surface area contributed by atoms with Crippen LogP contribution in [0.15, 0.2) is 36.9 Å². The normalized spacial score (nSPS) is 23.2. The number of nitrogens with zero attached hydrogens (tertiary/aromatic N) is 4. The third-order valence-corrected chi connectivity index (χ3v) is 4.37. The molecule has 1 fully saturated rings. The quantitative estimate of drug-likeness (QED) is 0.661. The molecule has 1 unspecified atom stereocenters. The number of aromatic nitrogens is 4. The van der Waals surface area contributed by atoms with Crippen LogP contribution in [0, 0.1) is 6.92 Å². The molecule has 8 nitrogen and oxygen atoms in total. The molecule has 1 saturated heterocycles. The molecule has 0 amide bonds. The van der Waals surface area contributed by atoms with E-state index in [2.05, 4.69) is 20.3 Å². The fraction of sp³-hybridized carbons (Fsp3) is 0.353. The molecule has 25 heavy (non-hydrogen) atoms. The third-order valence-electron chi connectivity index (χ3n) is 4.37. The first kappa shape index (κ1) is 15.9. The van der Waals surface area contributed by atoms with Gasteiger partial charge in [-0.2, -0.15) is 0 Å². The molecule has 0 bridgehead atoms. The molecule has 3 aromatic rings. The van der Waals surface area contributed by atoms with Gasteiger partial charge in [-0.25, -0.2) is 15.0 Å². The lowest BCUT2D eigenvalue weighted by Crippen LogP contribution is -2.24. The molecular formula is C17H19N5O3. The van der Waals surface area contributed by atoms with E-state index in [4.69, 9.17) is 4.74 Å². The molecule has 3 N–H and O–H groups in total. The van der Waals surface area contributed by atoms with Crippen LogP contribution in [0.5, 0.6) is 0 Å². The summed E-state index contributed by atoms with van der Waals surface area (Å²) >= 11 is 0. The van der Waals surface area contributed by atoms with E-state index in [0.29, 0.717) is 23.4 Å². The number of ether oxygens (including phenoxy) is 1. The molecule has 3 heterocycles. The molecule has 0 radical (unpaired) electrons. The van der Waals surface area contributed by atoms with Crippen molar-refractivity contribution >= 4 is 22.7 Å². The summed E-state index contributed by atoms with van der Waals surface area (Å²) in [5.41, 5.74) is 3.32. The highest BCUT2D eigenvalue weighted by Gasteiger charge is 2.35. The Bertz CT molecular complexity index is 880. The Kier molecular flexibility index (Phi) is 4.08. The Morgan fingerprint density at radius 2 is 2.04 bits per heavy atom. The van der Waals surface area contributed by atoms with Gasteiger partial charge in [0.15, 0.2) is 17.0 Å². The maximum atomic E-state index is 9.94. The standard InChI is InChI=1S/C17H19N5O3/c1-10-2-4-11(5-3-10)21-16-15-17(19-8-18-16)22(9-20-15)14-6-12(24)13(7-23)25-14/h2-5,8-9,12-14,23-24H,6-7H2,1H3,(H,18,19,21)/t12-,13+,14?/m0/s1. The number of imidazole rings is 1. The third kappa shape index (κ3) is 2.95. The molecule has 0 saturated carbocycles. The first-order valence-corrected chi connectivity index (χ1v) is 8.11. The van der Waals surface area contributed by atoms with Crippen LogP contribution in [0.1, 0.15) is 18.2 Å². The molecule has 3 atom stereocenters. The van der Waals surface area contributed by atoms with Crippen molar-refractivity contribution in [3.05, 3.63) is 42.5 Å². The zero-order chi connectivity index (χ0) is 17.4. The minimum absolute atomic E-state index is 0.223. The van der Waals surface area contributed by atoms with Crippen molar-refractivity contribution in [1.29, 1.82) is 0 Å². The number of nitrogens with one attached hydrogen (secondary N) is 1. The van der Waals surface area contributed by atoms with Gasteiger partial charge < -0.3 is 20.3 Å². The average molecular weight is 341 g/mol. The summed E-state index contributed by atoms with van der Waals surface area (Å²) in [7, 11) is 0. The first-order chi connectivity index (χ1) is 12.2. The largest absolute Gasteiger partial charge is 0.394 e. The molecule has 2 aromatic heterocycles. The Balaban J connectivity index is 1.65. The van der Waals surface area contributed by atoms with Gasteiger partial charge in [-0.1, -0.05) is 17.7 Å². The van der Waals surface area contributed by atoms with Gasteiger partial charge in [0.1, 0.15) is 18.7 Å². The van der Waals surface area contributed by atoms with Crippen LogP contribution in [0.25, 0.3) is 11.2 Å². The van der Waals surface area contributed by atoms with Gasteiger partial charge in [-0.3, -0.25) is 4.57 Å². The number of anilines is 2. The lowest BCUT2D eigenvalue weighted by molar-refractivity contribution is -0.0432. The summed E-state index contributed by atoms with van der Waals surface area (Å²) in [5.74, 6) is 0.602. The van der Waals surface area contributed by atoms with Gasteiger partial charge in [0.05, 0.1) is 19.0 Å². The number of hydrogen-bond acceptors (Lipinski definition) is 7. The molecule has 130 valence electrons. The smallest absolute Gasteiger partial charge is 0.167 e. The topological polar surface area (TPSA) is 105 Å². The van der Waals surface area contributed by atoms with Crippen molar-refractivity contribution in [3.8, 4) is 0 Å². The molecule has 1 aliphatic heterocycles. The van der Waals surface area contributed by atoms with Gasteiger partial charge in [-0.15, -0.1) is 0 Å². The Labute approximate surface area is 144 Å². The summed E-state index contributed by atoms with van der Waals surface area (Å²) in [4.78, 5) is 13.0. The molecule has 0 aliphatic carbocycles. The number of aliphatic hydroxyl groups is 2. The van der Waals surface area contributed by atoms with Gasteiger partial charge >= 0.3 is 0 Å². The van der Waals surface area contributed by atoms with Crippen LogP contribution in [-0.2, 0) is 4.74 Å². The second-order valence-corrected chi connectivity index (χ2v) is 6.15. The van der Waals surface area contributed by atoms with Crippen LogP contribution in [0.2, 0.25) is 0 Å². The van der Waals surface area contributed by atoms with Crippen molar-refractivity contribution in [1.82, 2.24) is 19.5 Å². The van der Waals surface area contributed by atoms with E-state index in [0.717, 1.165) is 5.69 Å². The van der Waals surface area contributed by atoms with E-state index in [1.165, 1.54) is 11.9 Å². The first-order valence-electron chi connectivity index (χ1n) is 8.11. The van der Waals surface area contributed by atoms with Crippen molar-refractivity contribution < 1.29 is 14.9 Å². The molecule has 1 aromatic carbocycles. The van der Waals surface area contributed by atoms with E-state index >= 15 is 0 Å². The molecule has 1 aliphatic rings. The maximum absolute atomic E-state index is 9.94. The summed E-state index contributed by atoms with van der Waals surface area (Å²) < 4.78 is 7.45. The Hall–Kier alpha value is -2.55. The van der Waals surface area contributed by atoms with Gasteiger partial charge in [0, 0.05) is 12.1 Å². The monoisotopic (exact) mass is 341 g/mol. The van der Waals surface area contributed by atoms with Crippen molar-refractivity contribution in [3.63, 3.8) is 0 Å². The fourth-order valence-corrected chi connectivity index (χ4v) is 2.98. The second-order valence-electron chi connectivity index (χ2n) is 6.15. The molecule has 0 spiro atoms. The predicted octanol–water partition coefficient (Wildman–Crippen LogP) is 1.52. The number of aryl methyl sites for hydroxylation is 1. The van der Waals surface area contributed by atoms with Crippen molar-refractivity contribution in [2.24, 2.45) is 0 Å². The predicted molar refractivity (Wildman–Crippen MR) is 91.4 cm³/mol.